The van der Waals surface area contributed by atoms with Crippen molar-refractivity contribution in [1.29, 1.82) is 0 Å². The molecule has 0 saturated heterocycles. The van der Waals surface area contributed by atoms with Crippen molar-refractivity contribution in [2.24, 2.45) is 0 Å². The summed E-state index contributed by atoms with van der Waals surface area (Å²) < 4.78 is 5.30. The zero-order valence-electron chi connectivity index (χ0n) is 10.2. The molecule has 0 spiro atoms. The molecule has 1 aromatic carbocycles. The Bertz CT molecular complexity index is 410. The Morgan fingerprint density at radius 2 is 2.12 bits per heavy atom. The molecule has 0 heterocycles. The molecule has 0 radical (unpaired) electrons. The van der Waals surface area contributed by atoms with Crippen molar-refractivity contribution < 1.29 is 9.53 Å². The van der Waals surface area contributed by atoms with Crippen LogP contribution in [-0.4, -0.2) is 20.4 Å². The number of aryl methyl sites for hydroxylation is 1. The first-order valence-electron chi connectivity index (χ1n) is 5.10. The van der Waals surface area contributed by atoms with E-state index in [1.165, 1.54) is 0 Å². The molecule has 0 fully saturated rings. The van der Waals surface area contributed by atoms with E-state index in [1.54, 1.807) is 20.2 Å². The van der Waals surface area contributed by atoms with Gasteiger partial charge in [0.1, 0.15) is 12.0 Å². The highest BCUT2D eigenvalue weighted by Gasteiger charge is 2.09. The van der Waals surface area contributed by atoms with Crippen LogP contribution < -0.4 is 9.64 Å². The van der Waals surface area contributed by atoms with Gasteiger partial charge in [-0.05, 0) is 25.5 Å². The molecule has 1 rings (SSSR count). The van der Waals surface area contributed by atoms with Crippen molar-refractivity contribution in [3.05, 3.63) is 35.5 Å². The lowest BCUT2D eigenvalue weighted by Crippen LogP contribution is -2.12. The van der Waals surface area contributed by atoms with Gasteiger partial charge < -0.3 is 9.64 Å². The molecule has 0 aromatic heterocycles. The molecule has 0 aliphatic heterocycles. The fourth-order valence-electron chi connectivity index (χ4n) is 1.65. The van der Waals surface area contributed by atoms with Crippen molar-refractivity contribution in [1.82, 2.24) is 0 Å². The van der Waals surface area contributed by atoms with E-state index in [9.17, 15) is 4.79 Å². The molecule has 0 amide bonds. The van der Waals surface area contributed by atoms with Gasteiger partial charge in [0.25, 0.3) is 0 Å². The summed E-state index contributed by atoms with van der Waals surface area (Å²) in [4.78, 5) is 12.5. The van der Waals surface area contributed by atoms with Crippen molar-refractivity contribution in [2.75, 3.05) is 19.1 Å². The highest BCUT2D eigenvalue weighted by molar-refractivity contribution is 5.74. The van der Waals surface area contributed by atoms with Gasteiger partial charge in [0, 0.05) is 18.8 Å². The zero-order chi connectivity index (χ0) is 12.1. The number of para-hydroxylation sites is 1. The predicted molar refractivity (Wildman–Crippen MR) is 66.0 cm³/mol. The number of methoxy groups -OCH3 is 1. The van der Waals surface area contributed by atoms with E-state index in [2.05, 4.69) is 0 Å². The number of rotatable bonds is 4. The number of aldehydes is 1. The number of carbonyl (C=O) groups is 1. The number of allylic oxidation sites excluding steroid dienone is 1. The van der Waals surface area contributed by atoms with Crippen LogP contribution in [-0.2, 0) is 4.79 Å². The number of benzene rings is 1. The average Bonchev–Trinajstić information content (AvgIpc) is 2.28. The summed E-state index contributed by atoms with van der Waals surface area (Å²) in [7, 11) is 3.54. The molecule has 0 saturated carbocycles. The molecule has 0 unspecified atom stereocenters. The van der Waals surface area contributed by atoms with Crippen molar-refractivity contribution in [3.63, 3.8) is 0 Å². The predicted octanol–water partition coefficient (Wildman–Crippen LogP) is 2.54. The molecule has 0 aliphatic carbocycles. The molecule has 0 atom stereocenters. The summed E-state index contributed by atoms with van der Waals surface area (Å²) in [6, 6.07) is 5.86. The Labute approximate surface area is 96.3 Å². The molecule has 3 heteroatoms. The Balaban J connectivity index is 3.16. The van der Waals surface area contributed by atoms with Gasteiger partial charge in [-0.15, -0.1) is 0 Å². The van der Waals surface area contributed by atoms with Gasteiger partial charge in [-0.3, -0.25) is 4.79 Å². The van der Waals surface area contributed by atoms with Crippen LogP contribution in [0.2, 0.25) is 0 Å². The van der Waals surface area contributed by atoms with Gasteiger partial charge in [-0.1, -0.05) is 12.1 Å². The molecule has 3 nitrogen and oxygen atoms in total. The van der Waals surface area contributed by atoms with Crippen LogP contribution >= 0.6 is 0 Å². The lowest BCUT2D eigenvalue weighted by molar-refractivity contribution is -0.104. The second-order valence-electron chi connectivity index (χ2n) is 3.73. The van der Waals surface area contributed by atoms with Crippen LogP contribution in [0.15, 0.2) is 30.0 Å². The van der Waals surface area contributed by atoms with Crippen LogP contribution in [0.1, 0.15) is 12.5 Å². The van der Waals surface area contributed by atoms with E-state index >= 15 is 0 Å². The van der Waals surface area contributed by atoms with E-state index in [0.29, 0.717) is 5.57 Å². The van der Waals surface area contributed by atoms with E-state index in [1.807, 2.05) is 37.1 Å². The van der Waals surface area contributed by atoms with Crippen molar-refractivity contribution >= 4 is 12.0 Å². The first kappa shape index (κ1) is 12.3. The molecule has 16 heavy (non-hydrogen) atoms. The minimum Gasteiger partial charge on any atom is -0.495 e. The van der Waals surface area contributed by atoms with Gasteiger partial charge >= 0.3 is 0 Å². The molecular weight excluding hydrogens is 202 g/mol. The molecule has 1 aromatic rings. The lowest BCUT2D eigenvalue weighted by Gasteiger charge is -2.20. The number of nitrogens with zero attached hydrogens (tertiary/aromatic N) is 1. The van der Waals surface area contributed by atoms with E-state index < -0.39 is 0 Å². The quantitative estimate of drug-likeness (QED) is 0.575. The van der Waals surface area contributed by atoms with Crippen LogP contribution in [0.4, 0.5) is 5.69 Å². The van der Waals surface area contributed by atoms with Gasteiger partial charge in [-0.2, -0.15) is 0 Å². The van der Waals surface area contributed by atoms with Crippen LogP contribution in [0.25, 0.3) is 0 Å². The van der Waals surface area contributed by atoms with Gasteiger partial charge in [-0.25, -0.2) is 0 Å². The molecule has 0 bridgehead atoms. The minimum atomic E-state index is 0.674. The van der Waals surface area contributed by atoms with Crippen LogP contribution in [0.5, 0.6) is 5.75 Å². The topological polar surface area (TPSA) is 29.5 Å². The second kappa shape index (κ2) is 5.35. The Kier molecular flexibility index (Phi) is 4.11. The normalized spacial score (nSPS) is 11.1. The minimum absolute atomic E-state index is 0.674. The Morgan fingerprint density at radius 1 is 1.44 bits per heavy atom. The van der Waals surface area contributed by atoms with E-state index in [-0.39, 0.29) is 0 Å². The highest BCUT2D eigenvalue weighted by atomic mass is 16.5. The largest absolute Gasteiger partial charge is 0.495 e. The summed E-state index contributed by atoms with van der Waals surface area (Å²) in [6.45, 7) is 3.78. The maximum Gasteiger partial charge on any atom is 0.147 e. The monoisotopic (exact) mass is 219 g/mol. The number of anilines is 1. The van der Waals surface area contributed by atoms with Gasteiger partial charge in [0.2, 0.25) is 0 Å². The van der Waals surface area contributed by atoms with Gasteiger partial charge in [0.15, 0.2) is 0 Å². The van der Waals surface area contributed by atoms with Crippen LogP contribution in [0.3, 0.4) is 0 Å². The highest BCUT2D eigenvalue weighted by Crippen LogP contribution is 2.31. The standard InChI is InChI=1S/C13H17NO2/c1-10(9-15)8-14(3)13-11(2)6-5-7-12(13)16-4/h5-9H,1-4H3/b10-8-. The maximum atomic E-state index is 10.6. The summed E-state index contributed by atoms with van der Waals surface area (Å²) in [6.07, 6.45) is 2.62. The first-order valence-corrected chi connectivity index (χ1v) is 5.10. The maximum absolute atomic E-state index is 10.6. The third kappa shape index (κ3) is 2.63. The number of ether oxygens (including phenoxy) is 1. The Hall–Kier alpha value is -1.77. The molecule has 0 N–H and O–H groups in total. The summed E-state index contributed by atoms with van der Waals surface area (Å²) in [5, 5.41) is 0. The summed E-state index contributed by atoms with van der Waals surface area (Å²) in [5.74, 6) is 0.803. The molecule has 86 valence electrons. The zero-order valence-corrected chi connectivity index (χ0v) is 10.2. The van der Waals surface area contributed by atoms with Crippen LogP contribution in [0, 0.1) is 6.92 Å². The molecular formula is C13H17NO2. The molecule has 0 aliphatic rings. The second-order valence-corrected chi connectivity index (χ2v) is 3.73. The fraction of sp³-hybridized carbons (Fsp3) is 0.308. The Morgan fingerprint density at radius 3 is 2.69 bits per heavy atom. The fourth-order valence-corrected chi connectivity index (χ4v) is 1.65. The van der Waals surface area contributed by atoms with Gasteiger partial charge in [0.05, 0.1) is 12.8 Å². The number of carbonyl (C=O) groups excluding carboxylic acids is 1. The first-order chi connectivity index (χ1) is 7.60. The van der Waals surface area contributed by atoms with E-state index in [4.69, 9.17) is 4.74 Å². The lowest BCUT2D eigenvalue weighted by atomic mass is 10.1. The van der Waals surface area contributed by atoms with Crippen molar-refractivity contribution in [2.45, 2.75) is 13.8 Å². The third-order valence-corrected chi connectivity index (χ3v) is 2.36. The van der Waals surface area contributed by atoms with Crippen molar-refractivity contribution in [3.8, 4) is 5.75 Å². The SMILES string of the molecule is COc1cccc(C)c1N(C)/C=C(/C)C=O. The summed E-state index contributed by atoms with van der Waals surface area (Å²) >= 11 is 0. The number of hydrogen-bond donors (Lipinski definition) is 0. The number of hydrogen-bond acceptors (Lipinski definition) is 3. The smallest absolute Gasteiger partial charge is 0.147 e. The van der Waals surface area contributed by atoms with E-state index in [0.717, 1.165) is 23.3 Å². The third-order valence-electron chi connectivity index (χ3n) is 2.36. The summed E-state index contributed by atoms with van der Waals surface area (Å²) in [5.41, 5.74) is 2.76. The average molecular weight is 219 g/mol.